The average Bonchev–Trinajstić information content (AvgIpc) is 1.89. The highest BCUT2D eigenvalue weighted by Crippen LogP contribution is 1.81. The maximum atomic E-state index is 3.95. The summed E-state index contributed by atoms with van der Waals surface area (Å²) in [6, 6.07) is 0. The summed E-state index contributed by atoms with van der Waals surface area (Å²) in [5, 5.41) is 5.59. The normalized spacial score (nSPS) is 9.44. The zero-order valence-corrected chi connectivity index (χ0v) is 5.75. The molecule has 0 saturated heterocycles. The van der Waals surface area contributed by atoms with E-state index in [-0.39, 0.29) is 0 Å². The van der Waals surface area contributed by atoms with Crippen molar-refractivity contribution in [1.82, 2.24) is 5.01 Å². The summed E-state index contributed by atoms with van der Waals surface area (Å²) < 4.78 is 0. The summed E-state index contributed by atoms with van der Waals surface area (Å²) in [7, 11) is 1.83. The molecule has 0 radical (unpaired) electrons. The van der Waals surface area contributed by atoms with Gasteiger partial charge in [0.1, 0.15) is 0 Å². The van der Waals surface area contributed by atoms with E-state index in [1.54, 1.807) is 23.5 Å². The van der Waals surface area contributed by atoms with Crippen molar-refractivity contribution in [1.29, 1.82) is 0 Å². The minimum atomic E-state index is 0.804. The lowest BCUT2D eigenvalue weighted by Crippen LogP contribution is -1.99. The molecular weight excluding hydrogens is 112 g/mol. The molecule has 9 heavy (non-hydrogen) atoms. The van der Waals surface area contributed by atoms with Gasteiger partial charge in [-0.05, 0) is 0 Å². The van der Waals surface area contributed by atoms with Gasteiger partial charge in [-0.25, -0.2) is 0 Å². The Balaban J connectivity index is 3.42. The van der Waals surface area contributed by atoms with E-state index in [4.69, 9.17) is 0 Å². The lowest BCUT2D eigenvalue weighted by atomic mass is 10.5. The van der Waals surface area contributed by atoms with E-state index in [9.17, 15) is 0 Å². The molecule has 2 heteroatoms. The molecule has 0 rings (SSSR count). The highest BCUT2D eigenvalue weighted by atomic mass is 15.4. The first-order valence-corrected chi connectivity index (χ1v) is 2.80. The Labute approximate surface area is 56.2 Å². The first kappa shape index (κ1) is 7.95. The fraction of sp³-hybridized carbons (Fsp3) is 0.286. The van der Waals surface area contributed by atoms with E-state index in [1.807, 2.05) is 7.05 Å². The molecule has 2 nitrogen and oxygen atoms in total. The van der Waals surface area contributed by atoms with Crippen LogP contribution in [0, 0.1) is 0 Å². The van der Waals surface area contributed by atoms with Gasteiger partial charge in [0.15, 0.2) is 0 Å². The molecule has 0 unspecified atom stereocenters. The maximum Gasteiger partial charge on any atom is 0.0296 e. The highest BCUT2D eigenvalue weighted by Gasteiger charge is 1.75. The average molecular weight is 124 g/mol. The van der Waals surface area contributed by atoms with Gasteiger partial charge in [0.05, 0.1) is 0 Å². The van der Waals surface area contributed by atoms with Gasteiger partial charge in [0.2, 0.25) is 0 Å². The first-order chi connectivity index (χ1) is 4.31. The summed E-state index contributed by atoms with van der Waals surface area (Å²) >= 11 is 0. The molecule has 0 heterocycles. The smallest absolute Gasteiger partial charge is 0.0296 e. The Morgan fingerprint density at radius 1 is 1.56 bits per heavy atom. The topological polar surface area (TPSA) is 15.6 Å². The van der Waals surface area contributed by atoms with Crippen molar-refractivity contribution >= 4 is 6.21 Å². The third-order valence-corrected chi connectivity index (χ3v) is 0.800. The van der Waals surface area contributed by atoms with Crippen LogP contribution in [0.1, 0.15) is 6.42 Å². The van der Waals surface area contributed by atoms with Crippen LogP contribution in [0.15, 0.2) is 30.5 Å². The SMILES string of the molecule is C=CC/C=N\N(C)C=C. The van der Waals surface area contributed by atoms with Crippen LogP contribution in [-0.2, 0) is 0 Å². The molecule has 0 N–H and O–H groups in total. The van der Waals surface area contributed by atoms with E-state index in [0.29, 0.717) is 0 Å². The third-order valence-electron chi connectivity index (χ3n) is 0.800. The molecule has 0 saturated carbocycles. The number of hydrogen-bond donors (Lipinski definition) is 0. The number of rotatable bonds is 4. The van der Waals surface area contributed by atoms with E-state index < -0.39 is 0 Å². The van der Waals surface area contributed by atoms with E-state index >= 15 is 0 Å². The molecule has 0 aliphatic heterocycles. The molecule has 50 valence electrons. The van der Waals surface area contributed by atoms with Gasteiger partial charge < -0.3 is 0 Å². The summed E-state index contributed by atoms with van der Waals surface area (Å²) in [6.07, 6.45) is 6.01. The number of hydrogen-bond acceptors (Lipinski definition) is 2. The molecule has 0 aliphatic carbocycles. The van der Waals surface area contributed by atoms with Crippen molar-refractivity contribution in [3.63, 3.8) is 0 Å². The Morgan fingerprint density at radius 3 is 2.67 bits per heavy atom. The Hall–Kier alpha value is -1.05. The van der Waals surface area contributed by atoms with Crippen LogP contribution >= 0.6 is 0 Å². The Kier molecular flexibility index (Phi) is 4.50. The monoisotopic (exact) mass is 124 g/mol. The fourth-order valence-corrected chi connectivity index (χ4v) is 0.298. The zero-order chi connectivity index (χ0) is 7.11. The largest absolute Gasteiger partial charge is 0.277 e. The second kappa shape index (κ2) is 5.09. The van der Waals surface area contributed by atoms with Crippen LogP contribution in [0.2, 0.25) is 0 Å². The minimum Gasteiger partial charge on any atom is -0.277 e. The van der Waals surface area contributed by atoms with Crippen molar-refractivity contribution in [3.05, 3.63) is 25.4 Å². The standard InChI is InChI=1S/C7H12N2/c1-4-6-7-8-9(3)5-2/h4-5,7H,1-2,6H2,3H3/b8-7-. The predicted molar refractivity (Wildman–Crippen MR) is 41.3 cm³/mol. The minimum absolute atomic E-state index is 0.804. The molecule has 0 aromatic carbocycles. The molecule has 0 aliphatic rings. The molecule has 0 aromatic rings. The van der Waals surface area contributed by atoms with Crippen molar-refractivity contribution in [3.8, 4) is 0 Å². The van der Waals surface area contributed by atoms with Gasteiger partial charge >= 0.3 is 0 Å². The van der Waals surface area contributed by atoms with Crippen molar-refractivity contribution in [2.45, 2.75) is 6.42 Å². The zero-order valence-electron chi connectivity index (χ0n) is 5.75. The second-order valence-corrected chi connectivity index (χ2v) is 1.58. The summed E-state index contributed by atoms with van der Waals surface area (Å²) in [5.74, 6) is 0. The Bertz CT molecular complexity index is 116. The van der Waals surface area contributed by atoms with Crippen molar-refractivity contribution < 1.29 is 0 Å². The maximum absolute atomic E-state index is 3.95. The molecule has 0 spiro atoms. The quantitative estimate of drug-likeness (QED) is 0.316. The lowest BCUT2D eigenvalue weighted by molar-refractivity contribution is 0.494. The fourth-order valence-electron chi connectivity index (χ4n) is 0.298. The first-order valence-electron chi connectivity index (χ1n) is 2.80. The van der Waals surface area contributed by atoms with E-state index in [2.05, 4.69) is 18.3 Å². The van der Waals surface area contributed by atoms with Crippen LogP contribution < -0.4 is 0 Å². The molecule has 0 atom stereocenters. The molecule has 0 fully saturated rings. The number of nitrogens with zero attached hydrogens (tertiary/aromatic N) is 2. The van der Waals surface area contributed by atoms with Gasteiger partial charge in [0.25, 0.3) is 0 Å². The number of hydrazone groups is 1. The van der Waals surface area contributed by atoms with Crippen LogP contribution in [0.3, 0.4) is 0 Å². The van der Waals surface area contributed by atoms with Gasteiger partial charge in [-0.3, -0.25) is 5.01 Å². The predicted octanol–water partition coefficient (Wildman–Crippen LogP) is 1.62. The van der Waals surface area contributed by atoms with Crippen LogP contribution in [-0.4, -0.2) is 18.3 Å². The lowest BCUT2D eigenvalue weighted by Gasteiger charge is -2.02. The van der Waals surface area contributed by atoms with Crippen LogP contribution in [0.5, 0.6) is 0 Å². The van der Waals surface area contributed by atoms with Gasteiger partial charge in [-0.1, -0.05) is 12.7 Å². The second-order valence-electron chi connectivity index (χ2n) is 1.58. The summed E-state index contributed by atoms with van der Waals surface area (Å²) in [5.41, 5.74) is 0. The van der Waals surface area contributed by atoms with Gasteiger partial charge in [-0.2, -0.15) is 5.10 Å². The van der Waals surface area contributed by atoms with Gasteiger partial charge in [0, 0.05) is 25.9 Å². The van der Waals surface area contributed by atoms with Crippen molar-refractivity contribution in [2.75, 3.05) is 7.05 Å². The summed E-state index contributed by atoms with van der Waals surface area (Å²) in [6.45, 7) is 7.07. The van der Waals surface area contributed by atoms with E-state index in [0.717, 1.165) is 6.42 Å². The molecule has 0 amide bonds. The molecular formula is C7H12N2. The van der Waals surface area contributed by atoms with E-state index in [1.165, 1.54) is 0 Å². The van der Waals surface area contributed by atoms with Crippen LogP contribution in [0.4, 0.5) is 0 Å². The number of allylic oxidation sites excluding steroid dienone is 1. The van der Waals surface area contributed by atoms with Gasteiger partial charge in [-0.15, -0.1) is 6.58 Å². The molecule has 0 aromatic heterocycles. The third kappa shape index (κ3) is 4.81. The highest BCUT2D eigenvalue weighted by molar-refractivity contribution is 5.58. The van der Waals surface area contributed by atoms with Crippen LogP contribution in [0.25, 0.3) is 0 Å². The summed E-state index contributed by atoms with van der Waals surface area (Å²) in [4.78, 5) is 0. The Morgan fingerprint density at radius 2 is 2.22 bits per heavy atom. The molecule has 0 bridgehead atoms. The van der Waals surface area contributed by atoms with Crippen molar-refractivity contribution in [2.24, 2.45) is 5.10 Å².